The summed E-state index contributed by atoms with van der Waals surface area (Å²) in [5, 5.41) is 2.77. The molecule has 0 aliphatic heterocycles. The second kappa shape index (κ2) is 7.14. The van der Waals surface area contributed by atoms with Crippen LogP contribution in [0.2, 0.25) is 0 Å². The van der Waals surface area contributed by atoms with Gasteiger partial charge in [0.05, 0.1) is 0 Å². The van der Waals surface area contributed by atoms with E-state index in [2.05, 4.69) is 23.7 Å². The molecule has 5 rings (SSSR count). The molecule has 0 radical (unpaired) electrons. The molecule has 4 saturated carbocycles. The number of benzene rings is 1. The van der Waals surface area contributed by atoms with Crippen molar-refractivity contribution in [1.82, 2.24) is 10.2 Å². The number of hydrogen-bond donors (Lipinski definition) is 1. The molecule has 0 saturated heterocycles. The summed E-state index contributed by atoms with van der Waals surface area (Å²) >= 11 is 0. The van der Waals surface area contributed by atoms with Gasteiger partial charge in [0.1, 0.15) is 0 Å². The van der Waals surface area contributed by atoms with Crippen LogP contribution in [0.25, 0.3) is 0 Å². The summed E-state index contributed by atoms with van der Waals surface area (Å²) in [7, 11) is 0. The Bertz CT molecular complexity index is 702. The van der Waals surface area contributed by atoms with Gasteiger partial charge >= 0.3 is 0 Å². The summed E-state index contributed by atoms with van der Waals surface area (Å²) in [6.07, 6.45) is 9.02. The van der Waals surface area contributed by atoms with Crippen molar-refractivity contribution in [3.8, 4) is 0 Å². The minimum Gasteiger partial charge on any atom is -0.348 e. The average Bonchev–Trinajstić information content (AvgIpc) is 2.65. The SMILES string of the molecule is C=CC(=O)NCc1ccc(C(=O)N(CC)C23CC4CC(CC(C4)C2)C3)cc1. The maximum Gasteiger partial charge on any atom is 0.254 e. The molecule has 1 aromatic rings. The van der Waals surface area contributed by atoms with E-state index in [9.17, 15) is 9.59 Å². The van der Waals surface area contributed by atoms with E-state index in [0.717, 1.165) is 35.4 Å². The molecule has 0 atom stereocenters. The minimum atomic E-state index is -0.186. The first-order valence-corrected chi connectivity index (χ1v) is 10.3. The van der Waals surface area contributed by atoms with Gasteiger partial charge in [0.25, 0.3) is 5.91 Å². The molecule has 0 unspecified atom stereocenters. The molecule has 1 aromatic carbocycles. The molecule has 0 spiro atoms. The zero-order valence-corrected chi connectivity index (χ0v) is 16.2. The summed E-state index contributed by atoms with van der Waals surface area (Å²) < 4.78 is 0. The molecule has 0 heterocycles. The third kappa shape index (κ3) is 3.42. The summed E-state index contributed by atoms with van der Waals surface area (Å²) in [6.45, 7) is 6.80. The number of hydrogen-bond acceptors (Lipinski definition) is 2. The lowest BCUT2D eigenvalue weighted by Gasteiger charge is -2.60. The van der Waals surface area contributed by atoms with Crippen LogP contribution in [0.15, 0.2) is 36.9 Å². The highest BCUT2D eigenvalue weighted by molar-refractivity contribution is 5.95. The molecule has 4 aliphatic carbocycles. The van der Waals surface area contributed by atoms with Gasteiger partial charge in [-0.05, 0) is 87.0 Å². The van der Waals surface area contributed by atoms with Gasteiger partial charge < -0.3 is 10.2 Å². The van der Waals surface area contributed by atoms with Crippen molar-refractivity contribution < 1.29 is 9.59 Å². The Morgan fingerprint density at radius 3 is 2.15 bits per heavy atom. The van der Waals surface area contributed by atoms with Crippen molar-refractivity contribution in [2.24, 2.45) is 17.8 Å². The van der Waals surface area contributed by atoms with Crippen LogP contribution in [-0.2, 0) is 11.3 Å². The maximum absolute atomic E-state index is 13.4. The van der Waals surface area contributed by atoms with Crippen molar-refractivity contribution in [3.63, 3.8) is 0 Å². The van der Waals surface area contributed by atoms with Gasteiger partial charge in [0.2, 0.25) is 5.91 Å². The predicted molar refractivity (Wildman–Crippen MR) is 106 cm³/mol. The van der Waals surface area contributed by atoms with E-state index in [4.69, 9.17) is 0 Å². The Balaban J connectivity index is 1.49. The number of carbonyl (C=O) groups is 2. The highest BCUT2D eigenvalue weighted by atomic mass is 16.2. The average molecular weight is 367 g/mol. The van der Waals surface area contributed by atoms with Gasteiger partial charge in [-0.25, -0.2) is 0 Å². The monoisotopic (exact) mass is 366 g/mol. The third-order valence-electron chi connectivity index (χ3n) is 6.99. The summed E-state index contributed by atoms with van der Waals surface area (Å²) in [6, 6.07) is 7.68. The molecule has 1 N–H and O–H groups in total. The van der Waals surface area contributed by atoms with Crippen molar-refractivity contribution in [2.75, 3.05) is 6.54 Å². The van der Waals surface area contributed by atoms with Crippen molar-refractivity contribution in [3.05, 3.63) is 48.0 Å². The molecular formula is C23H30N2O2. The fraction of sp³-hybridized carbons (Fsp3) is 0.565. The molecule has 4 aliphatic rings. The van der Waals surface area contributed by atoms with Gasteiger partial charge in [0.15, 0.2) is 0 Å². The Kier molecular flexibility index (Phi) is 4.83. The van der Waals surface area contributed by atoms with Crippen LogP contribution in [0.3, 0.4) is 0 Å². The van der Waals surface area contributed by atoms with Gasteiger partial charge in [-0.15, -0.1) is 0 Å². The molecule has 0 aromatic heterocycles. The van der Waals surface area contributed by atoms with Gasteiger partial charge in [-0.1, -0.05) is 18.7 Å². The van der Waals surface area contributed by atoms with Crippen molar-refractivity contribution >= 4 is 11.8 Å². The summed E-state index contributed by atoms with van der Waals surface area (Å²) in [5.74, 6) is 2.46. The first-order valence-electron chi connectivity index (χ1n) is 10.3. The maximum atomic E-state index is 13.4. The molecule has 4 heteroatoms. The first-order chi connectivity index (χ1) is 13.0. The second-order valence-corrected chi connectivity index (χ2v) is 8.81. The summed E-state index contributed by atoms with van der Waals surface area (Å²) in [5.41, 5.74) is 1.84. The van der Waals surface area contributed by atoms with Crippen LogP contribution < -0.4 is 5.32 Å². The zero-order valence-electron chi connectivity index (χ0n) is 16.2. The third-order valence-corrected chi connectivity index (χ3v) is 6.99. The lowest BCUT2D eigenvalue weighted by Crippen LogP contribution is -2.61. The number of amides is 2. The topological polar surface area (TPSA) is 49.4 Å². The molecule has 4 nitrogen and oxygen atoms in total. The van der Waals surface area contributed by atoms with Crippen LogP contribution in [0.5, 0.6) is 0 Å². The number of carbonyl (C=O) groups excluding carboxylic acids is 2. The Morgan fingerprint density at radius 2 is 1.67 bits per heavy atom. The quantitative estimate of drug-likeness (QED) is 0.776. The first kappa shape index (κ1) is 18.3. The van der Waals surface area contributed by atoms with Crippen LogP contribution in [-0.4, -0.2) is 28.8 Å². The normalized spacial score (nSPS) is 30.8. The Labute approximate surface area is 162 Å². The smallest absolute Gasteiger partial charge is 0.254 e. The fourth-order valence-electron chi connectivity index (χ4n) is 6.27. The lowest BCUT2D eigenvalue weighted by atomic mass is 9.52. The van der Waals surface area contributed by atoms with Gasteiger partial charge in [0, 0.05) is 24.2 Å². The van der Waals surface area contributed by atoms with E-state index in [1.807, 2.05) is 24.3 Å². The molecule has 144 valence electrons. The van der Waals surface area contributed by atoms with E-state index in [1.54, 1.807) is 0 Å². The molecule has 2 amide bonds. The van der Waals surface area contributed by atoms with E-state index < -0.39 is 0 Å². The number of nitrogens with zero attached hydrogens (tertiary/aromatic N) is 1. The molecule has 4 bridgehead atoms. The Hall–Kier alpha value is -2.10. The highest BCUT2D eigenvalue weighted by Crippen LogP contribution is 2.57. The van der Waals surface area contributed by atoms with Gasteiger partial charge in [-0.3, -0.25) is 9.59 Å². The van der Waals surface area contributed by atoms with E-state index in [0.29, 0.717) is 6.54 Å². The van der Waals surface area contributed by atoms with Crippen LogP contribution in [0.1, 0.15) is 61.4 Å². The highest BCUT2D eigenvalue weighted by Gasteiger charge is 2.54. The van der Waals surface area contributed by atoms with Crippen molar-refractivity contribution in [1.29, 1.82) is 0 Å². The zero-order chi connectivity index (χ0) is 19.0. The summed E-state index contributed by atoms with van der Waals surface area (Å²) in [4.78, 5) is 26.8. The standard InChI is InChI=1S/C23H30N2O2/c1-3-21(26)24-15-16-5-7-20(8-6-16)22(27)25(4-2)23-12-17-9-18(13-23)11-19(10-17)14-23/h3,5-8,17-19H,1,4,9-15H2,2H3,(H,24,26). The second-order valence-electron chi connectivity index (χ2n) is 8.81. The predicted octanol–water partition coefficient (Wildman–Crippen LogP) is 3.92. The Morgan fingerprint density at radius 1 is 1.11 bits per heavy atom. The fourth-order valence-corrected chi connectivity index (χ4v) is 6.27. The largest absolute Gasteiger partial charge is 0.348 e. The van der Waals surface area contributed by atoms with Crippen LogP contribution in [0.4, 0.5) is 0 Å². The van der Waals surface area contributed by atoms with E-state index in [-0.39, 0.29) is 17.4 Å². The molecule has 27 heavy (non-hydrogen) atoms. The van der Waals surface area contributed by atoms with Crippen LogP contribution in [0, 0.1) is 17.8 Å². The number of nitrogens with one attached hydrogen (secondary N) is 1. The van der Waals surface area contributed by atoms with Crippen molar-refractivity contribution in [2.45, 2.75) is 57.5 Å². The van der Waals surface area contributed by atoms with E-state index in [1.165, 1.54) is 44.6 Å². The lowest BCUT2D eigenvalue weighted by molar-refractivity contribution is -0.116. The molecule has 4 fully saturated rings. The van der Waals surface area contributed by atoms with E-state index >= 15 is 0 Å². The number of rotatable bonds is 6. The molecular weight excluding hydrogens is 336 g/mol. The van der Waals surface area contributed by atoms with Crippen LogP contribution >= 0.6 is 0 Å². The van der Waals surface area contributed by atoms with Gasteiger partial charge in [-0.2, -0.15) is 0 Å². The minimum absolute atomic E-state index is 0.0944.